The van der Waals surface area contributed by atoms with Gasteiger partial charge < -0.3 is 30.5 Å². The van der Waals surface area contributed by atoms with Gasteiger partial charge in [-0.25, -0.2) is 9.78 Å². The summed E-state index contributed by atoms with van der Waals surface area (Å²) in [6.45, 7) is 1.19. The molecule has 4 N–H and O–H groups in total. The van der Waals surface area contributed by atoms with Gasteiger partial charge in [0.15, 0.2) is 17.0 Å². The van der Waals surface area contributed by atoms with E-state index in [1.165, 1.54) is 12.8 Å². The first-order valence-electron chi connectivity index (χ1n) is 14.3. The molecule has 0 spiro atoms. The molecule has 2 aromatic heterocycles. The van der Waals surface area contributed by atoms with Crippen LogP contribution in [0.3, 0.4) is 0 Å². The predicted octanol–water partition coefficient (Wildman–Crippen LogP) is 4.63. The average molecular weight is 535 g/mol. The van der Waals surface area contributed by atoms with Gasteiger partial charge in [0, 0.05) is 37.3 Å². The van der Waals surface area contributed by atoms with E-state index >= 15 is 0 Å². The fraction of sp³-hybridized carbons (Fsp3) is 0.571. The molecule has 11 heteroatoms. The van der Waals surface area contributed by atoms with Gasteiger partial charge in [0.1, 0.15) is 5.75 Å². The summed E-state index contributed by atoms with van der Waals surface area (Å²) >= 11 is 0. The number of hydroxylamine groups is 2. The number of imidazole rings is 1. The van der Waals surface area contributed by atoms with Crippen LogP contribution in [0.5, 0.6) is 5.75 Å². The third kappa shape index (κ3) is 6.25. The van der Waals surface area contributed by atoms with Crippen molar-refractivity contribution in [3.8, 4) is 5.75 Å². The van der Waals surface area contributed by atoms with Crippen molar-refractivity contribution in [1.29, 1.82) is 0 Å². The van der Waals surface area contributed by atoms with Crippen LogP contribution in [0.1, 0.15) is 70.3 Å². The molecule has 2 aliphatic carbocycles. The van der Waals surface area contributed by atoms with Crippen molar-refractivity contribution in [2.45, 2.75) is 88.4 Å². The van der Waals surface area contributed by atoms with E-state index in [0.29, 0.717) is 42.9 Å². The van der Waals surface area contributed by atoms with E-state index in [-0.39, 0.29) is 6.04 Å². The Labute approximate surface area is 228 Å². The van der Waals surface area contributed by atoms with E-state index in [2.05, 4.69) is 15.2 Å². The molecule has 11 nitrogen and oxygen atoms in total. The van der Waals surface area contributed by atoms with Gasteiger partial charge in [-0.2, -0.15) is 9.97 Å². The largest absolute Gasteiger partial charge is 0.533 e. The molecule has 3 fully saturated rings. The predicted molar refractivity (Wildman–Crippen MR) is 148 cm³/mol. The molecule has 3 aliphatic rings. The van der Waals surface area contributed by atoms with Gasteiger partial charge in [0.2, 0.25) is 5.95 Å². The van der Waals surface area contributed by atoms with Gasteiger partial charge in [-0.05, 0) is 63.5 Å². The number of nitrogens with one attached hydrogen (secondary N) is 2. The SMILES string of the molecule is NC1CCC(Nc2nc(NC3CCN(OC(=O)Oc4ccccc4)CC3)c3ncn(C4CCCC4)c3n2)CC1. The minimum absolute atomic E-state index is 0.172. The highest BCUT2D eigenvalue weighted by molar-refractivity contribution is 5.84. The van der Waals surface area contributed by atoms with E-state index in [4.69, 9.17) is 30.3 Å². The van der Waals surface area contributed by atoms with Crippen LogP contribution in [0, 0.1) is 0 Å². The highest BCUT2D eigenvalue weighted by Gasteiger charge is 2.27. The summed E-state index contributed by atoms with van der Waals surface area (Å²) in [7, 11) is 0. The Morgan fingerprint density at radius 2 is 1.62 bits per heavy atom. The maximum Gasteiger partial charge on any atom is 0.533 e. The molecule has 39 heavy (non-hydrogen) atoms. The van der Waals surface area contributed by atoms with E-state index in [1.807, 2.05) is 24.5 Å². The molecule has 3 aromatic rings. The molecular formula is C28H38N8O3. The van der Waals surface area contributed by atoms with Gasteiger partial charge in [-0.3, -0.25) is 0 Å². The van der Waals surface area contributed by atoms with Gasteiger partial charge in [0.25, 0.3) is 0 Å². The van der Waals surface area contributed by atoms with Crippen molar-refractivity contribution < 1.29 is 14.4 Å². The first kappa shape index (κ1) is 25.8. The molecule has 208 valence electrons. The summed E-state index contributed by atoms with van der Waals surface area (Å²) < 4.78 is 7.50. The third-order valence-electron chi connectivity index (χ3n) is 8.19. The number of rotatable bonds is 7. The Morgan fingerprint density at radius 3 is 2.36 bits per heavy atom. The lowest BCUT2D eigenvalue weighted by molar-refractivity contribution is -0.127. The summed E-state index contributed by atoms with van der Waals surface area (Å²) in [6, 6.07) is 10.2. The molecule has 0 atom stereocenters. The lowest BCUT2D eigenvalue weighted by Crippen LogP contribution is -2.41. The molecule has 0 bridgehead atoms. The molecular weight excluding hydrogens is 496 g/mol. The van der Waals surface area contributed by atoms with Crippen molar-refractivity contribution in [2.75, 3.05) is 23.7 Å². The van der Waals surface area contributed by atoms with Gasteiger partial charge in [-0.1, -0.05) is 31.0 Å². The fourth-order valence-corrected chi connectivity index (χ4v) is 5.97. The number of hydrogen-bond donors (Lipinski definition) is 3. The maximum absolute atomic E-state index is 12.2. The summed E-state index contributed by atoms with van der Waals surface area (Å²) in [4.78, 5) is 32.2. The molecule has 1 aliphatic heterocycles. The average Bonchev–Trinajstić information content (AvgIpc) is 3.62. The summed E-state index contributed by atoms with van der Waals surface area (Å²) in [5.74, 6) is 1.87. The first-order valence-corrected chi connectivity index (χ1v) is 14.3. The standard InChI is InChI=1S/C28H38N8O3/c29-19-10-12-20(13-11-19)32-27-33-25(24-26(34-27)36(18-30-24)22-6-4-5-7-22)31-21-14-16-35(17-15-21)39-28(37)38-23-8-2-1-3-9-23/h1-3,8-9,18-22H,4-7,10-17,29H2,(H2,31,32,33,34). The molecule has 1 aromatic carbocycles. The van der Waals surface area contributed by atoms with Crippen LogP contribution in [0.4, 0.5) is 16.6 Å². The first-order chi connectivity index (χ1) is 19.1. The van der Waals surface area contributed by atoms with Crippen molar-refractivity contribution in [3.63, 3.8) is 0 Å². The molecule has 3 heterocycles. The fourth-order valence-electron chi connectivity index (χ4n) is 5.97. The topological polar surface area (TPSA) is 132 Å². The number of aromatic nitrogens is 4. The number of hydrogen-bond acceptors (Lipinski definition) is 10. The number of carbonyl (C=O) groups is 1. The zero-order valence-electron chi connectivity index (χ0n) is 22.3. The monoisotopic (exact) mass is 534 g/mol. The van der Waals surface area contributed by atoms with Gasteiger partial charge >= 0.3 is 6.16 Å². The van der Waals surface area contributed by atoms with E-state index in [0.717, 1.165) is 68.3 Å². The van der Waals surface area contributed by atoms with E-state index < -0.39 is 6.16 Å². The van der Waals surface area contributed by atoms with Crippen molar-refractivity contribution in [2.24, 2.45) is 5.73 Å². The number of anilines is 2. The molecule has 0 unspecified atom stereocenters. The van der Waals surface area contributed by atoms with Crippen LogP contribution in [0.15, 0.2) is 36.7 Å². The Morgan fingerprint density at radius 1 is 0.897 bits per heavy atom. The van der Waals surface area contributed by atoms with Crippen molar-refractivity contribution in [1.82, 2.24) is 24.6 Å². The number of fused-ring (bicyclic) bond motifs is 1. The number of nitrogens with two attached hydrogens (primary N) is 1. The Balaban J connectivity index is 1.13. The highest BCUT2D eigenvalue weighted by atomic mass is 16.8. The van der Waals surface area contributed by atoms with E-state index in [9.17, 15) is 4.79 Å². The number of nitrogens with zero attached hydrogens (tertiary/aromatic N) is 5. The second-order valence-electron chi connectivity index (χ2n) is 11.0. The number of piperidine rings is 1. The van der Waals surface area contributed by atoms with Gasteiger partial charge in [-0.15, -0.1) is 5.06 Å². The number of para-hydroxylation sites is 1. The Kier molecular flexibility index (Phi) is 7.78. The Hall–Kier alpha value is -3.44. The smallest absolute Gasteiger partial charge is 0.394 e. The van der Waals surface area contributed by atoms with Crippen LogP contribution in [-0.2, 0) is 4.84 Å². The molecule has 0 radical (unpaired) electrons. The normalized spacial score (nSPS) is 23.1. The number of benzene rings is 1. The Bertz CT molecular complexity index is 1250. The second kappa shape index (κ2) is 11.7. The summed E-state index contributed by atoms with van der Waals surface area (Å²) in [5.41, 5.74) is 7.82. The lowest BCUT2D eigenvalue weighted by atomic mass is 9.92. The third-order valence-corrected chi connectivity index (χ3v) is 8.19. The van der Waals surface area contributed by atoms with E-state index in [1.54, 1.807) is 17.2 Å². The second-order valence-corrected chi connectivity index (χ2v) is 11.0. The van der Waals surface area contributed by atoms with Crippen LogP contribution < -0.4 is 21.1 Å². The van der Waals surface area contributed by atoms with Crippen molar-refractivity contribution >= 4 is 29.1 Å². The molecule has 0 amide bonds. The molecule has 1 saturated heterocycles. The van der Waals surface area contributed by atoms with Crippen LogP contribution in [0.25, 0.3) is 11.2 Å². The number of ether oxygens (including phenoxy) is 1. The zero-order valence-corrected chi connectivity index (χ0v) is 22.3. The van der Waals surface area contributed by atoms with Crippen LogP contribution >= 0.6 is 0 Å². The molecule has 6 rings (SSSR count). The lowest BCUT2D eigenvalue weighted by Gasteiger charge is -2.31. The van der Waals surface area contributed by atoms with Crippen molar-refractivity contribution in [3.05, 3.63) is 36.7 Å². The summed E-state index contributed by atoms with van der Waals surface area (Å²) in [5, 5.41) is 8.89. The highest BCUT2D eigenvalue weighted by Crippen LogP contribution is 2.34. The zero-order chi connectivity index (χ0) is 26.6. The van der Waals surface area contributed by atoms with Crippen LogP contribution in [-0.4, -0.2) is 62.0 Å². The minimum Gasteiger partial charge on any atom is -0.394 e. The van der Waals surface area contributed by atoms with Crippen LogP contribution in [0.2, 0.25) is 0 Å². The summed E-state index contributed by atoms with van der Waals surface area (Å²) in [6.07, 6.45) is 11.7. The quantitative estimate of drug-likeness (QED) is 0.291. The number of carbonyl (C=O) groups excluding carboxylic acids is 1. The van der Waals surface area contributed by atoms with Gasteiger partial charge in [0.05, 0.1) is 6.33 Å². The maximum atomic E-state index is 12.2. The molecule has 2 saturated carbocycles. The minimum atomic E-state index is -0.720.